The molecule has 0 radical (unpaired) electrons. The molecule has 0 aromatic heterocycles. The first-order chi connectivity index (χ1) is 10.6. The molecule has 6 nitrogen and oxygen atoms in total. The molecule has 0 bridgehead atoms. The van der Waals surface area contributed by atoms with Crippen LogP contribution in [-0.2, 0) is 16.1 Å². The monoisotopic (exact) mass is 301 g/mol. The van der Waals surface area contributed by atoms with Crippen LogP contribution >= 0.6 is 0 Å². The number of benzene rings is 2. The van der Waals surface area contributed by atoms with Crippen LogP contribution in [0.5, 0.6) is 5.75 Å². The highest BCUT2D eigenvalue weighted by Crippen LogP contribution is 2.17. The van der Waals surface area contributed by atoms with Gasteiger partial charge in [0.1, 0.15) is 12.4 Å². The van der Waals surface area contributed by atoms with E-state index >= 15 is 0 Å². The number of carboxylic acids is 1. The van der Waals surface area contributed by atoms with Crippen molar-refractivity contribution in [2.75, 3.05) is 0 Å². The summed E-state index contributed by atoms with van der Waals surface area (Å²) in [5.41, 5.74) is 1.14. The van der Waals surface area contributed by atoms with Crippen molar-refractivity contribution >= 4 is 12.1 Å². The van der Waals surface area contributed by atoms with Crippen LogP contribution in [0.1, 0.15) is 17.2 Å². The van der Waals surface area contributed by atoms with Crippen LogP contribution in [0.15, 0.2) is 54.6 Å². The van der Waals surface area contributed by atoms with Crippen molar-refractivity contribution in [3.8, 4) is 5.75 Å². The molecule has 0 saturated heterocycles. The van der Waals surface area contributed by atoms with Crippen LogP contribution in [0.3, 0.4) is 0 Å². The first kappa shape index (κ1) is 15.4. The van der Waals surface area contributed by atoms with Crippen LogP contribution in [0.4, 0.5) is 4.79 Å². The Morgan fingerprint density at radius 2 is 1.68 bits per heavy atom. The van der Waals surface area contributed by atoms with E-state index in [4.69, 9.17) is 4.74 Å². The molecule has 114 valence electrons. The Morgan fingerprint density at radius 1 is 1.05 bits per heavy atom. The van der Waals surface area contributed by atoms with Gasteiger partial charge in [0.2, 0.25) is 0 Å². The first-order valence-electron chi connectivity index (χ1n) is 6.55. The Labute approximate surface area is 127 Å². The van der Waals surface area contributed by atoms with Gasteiger partial charge in [-0.1, -0.05) is 42.5 Å². The summed E-state index contributed by atoms with van der Waals surface area (Å²) in [5, 5.41) is 20.7. The molecular weight excluding hydrogens is 286 g/mol. The Kier molecular flexibility index (Phi) is 4.98. The summed E-state index contributed by atoms with van der Waals surface area (Å²) in [6, 6.07) is 13.4. The van der Waals surface area contributed by atoms with Gasteiger partial charge in [-0.2, -0.15) is 0 Å². The fraction of sp³-hybridized carbons (Fsp3) is 0.125. The number of hydrogen-bond acceptors (Lipinski definition) is 4. The van der Waals surface area contributed by atoms with Gasteiger partial charge in [-0.25, -0.2) is 9.59 Å². The number of nitrogens with one attached hydrogen (secondary N) is 1. The van der Waals surface area contributed by atoms with Crippen LogP contribution in [0, 0.1) is 0 Å². The SMILES string of the molecule is O=C(N[C@H](C(=O)O)c1ccc(O)cc1)OCc1ccccc1. The van der Waals surface area contributed by atoms with E-state index < -0.39 is 18.1 Å². The molecule has 0 unspecified atom stereocenters. The highest BCUT2D eigenvalue weighted by molar-refractivity contribution is 5.81. The lowest BCUT2D eigenvalue weighted by atomic mass is 10.1. The number of rotatable bonds is 5. The number of carbonyl (C=O) groups excluding carboxylic acids is 1. The van der Waals surface area contributed by atoms with E-state index in [0.717, 1.165) is 5.56 Å². The van der Waals surface area contributed by atoms with Gasteiger partial charge in [0.15, 0.2) is 6.04 Å². The van der Waals surface area contributed by atoms with Crippen LogP contribution in [0.2, 0.25) is 0 Å². The quantitative estimate of drug-likeness (QED) is 0.788. The molecule has 22 heavy (non-hydrogen) atoms. The van der Waals surface area contributed by atoms with E-state index in [2.05, 4.69) is 5.32 Å². The van der Waals surface area contributed by atoms with Crippen molar-refractivity contribution in [1.82, 2.24) is 5.32 Å². The Morgan fingerprint density at radius 3 is 2.27 bits per heavy atom. The Bertz CT molecular complexity index is 639. The molecule has 0 fully saturated rings. The van der Waals surface area contributed by atoms with E-state index in [1.807, 2.05) is 18.2 Å². The molecule has 0 spiro atoms. The molecule has 0 aliphatic rings. The Balaban J connectivity index is 1.97. The maximum atomic E-state index is 11.7. The number of hydrogen-bond donors (Lipinski definition) is 3. The topological polar surface area (TPSA) is 95.9 Å². The van der Waals surface area contributed by atoms with Crippen molar-refractivity contribution in [1.29, 1.82) is 0 Å². The molecule has 2 aromatic rings. The number of phenols is 1. The largest absolute Gasteiger partial charge is 0.508 e. The molecule has 2 rings (SSSR count). The van der Waals surface area contributed by atoms with Crippen molar-refractivity contribution in [2.45, 2.75) is 12.6 Å². The van der Waals surface area contributed by atoms with Crippen molar-refractivity contribution < 1.29 is 24.5 Å². The van der Waals surface area contributed by atoms with Crippen LogP contribution < -0.4 is 5.32 Å². The summed E-state index contributed by atoms with van der Waals surface area (Å²) in [6.07, 6.45) is -0.829. The minimum absolute atomic E-state index is 0.0135. The third-order valence-corrected chi connectivity index (χ3v) is 2.95. The highest BCUT2D eigenvalue weighted by atomic mass is 16.5. The summed E-state index contributed by atoms with van der Waals surface area (Å²) in [7, 11) is 0. The third kappa shape index (κ3) is 4.24. The minimum atomic E-state index is -1.25. The number of amides is 1. The van der Waals surface area contributed by atoms with Gasteiger partial charge in [-0.05, 0) is 23.3 Å². The lowest BCUT2D eigenvalue weighted by Crippen LogP contribution is -2.34. The minimum Gasteiger partial charge on any atom is -0.508 e. The summed E-state index contributed by atoms with van der Waals surface area (Å²) >= 11 is 0. The van der Waals surface area contributed by atoms with Crippen LogP contribution in [0.25, 0.3) is 0 Å². The van der Waals surface area contributed by atoms with Crippen molar-refractivity contribution in [3.63, 3.8) is 0 Å². The lowest BCUT2D eigenvalue weighted by Gasteiger charge is -2.15. The number of alkyl carbamates (subject to hydrolysis) is 1. The molecule has 0 heterocycles. The predicted octanol–water partition coefficient (Wildman–Crippen LogP) is 2.44. The maximum Gasteiger partial charge on any atom is 0.408 e. The first-order valence-corrected chi connectivity index (χ1v) is 6.55. The predicted molar refractivity (Wildman–Crippen MR) is 78.2 cm³/mol. The fourth-order valence-corrected chi connectivity index (χ4v) is 1.84. The number of aromatic hydroxyl groups is 1. The van der Waals surface area contributed by atoms with Gasteiger partial charge in [-0.15, -0.1) is 0 Å². The highest BCUT2D eigenvalue weighted by Gasteiger charge is 2.22. The zero-order valence-electron chi connectivity index (χ0n) is 11.6. The number of carboxylic acid groups (broad SMARTS) is 1. The van der Waals surface area contributed by atoms with E-state index in [0.29, 0.717) is 5.56 Å². The second kappa shape index (κ2) is 7.12. The number of carbonyl (C=O) groups is 2. The summed E-state index contributed by atoms with van der Waals surface area (Å²) < 4.78 is 4.99. The van der Waals surface area contributed by atoms with Gasteiger partial charge in [0.25, 0.3) is 0 Å². The lowest BCUT2D eigenvalue weighted by molar-refractivity contribution is -0.139. The number of aliphatic carboxylic acids is 1. The average Bonchev–Trinajstić information content (AvgIpc) is 2.52. The molecule has 6 heteroatoms. The maximum absolute atomic E-state index is 11.7. The van der Waals surface area contributed by atoms with E-state index in [9.17, 15) is 19.8 Å². The molecular formula is C16H15NO5. The normalized spacial score (nSPS) is 11.5. The average molecular weight is 301 g/mol. The van der Waals surface area contributed by atoms with E-state index in [1.165, 1.54) is 24.3 Å². The second-order valence-corrected chi connectivity index (χ2v) is 4.57. The summed E-state index contributed by atoms with van der Waals surface area (Å²) in [5.74, 6) is -1.21. The number of ether oxygens (including phenoxy) is 1. The molecule has 3 N–H and O–H groups in total. The molecule has 1 amide bonds. The van der Waals surface area contributed by atoms with Crippen LogP contribution in [-0.4, -0.2) is 22.3 Å². The van der Waals surface area contributed by atoms with Gasteiger partial charge in [0, 0.05) is 0 Å². The molecule has 0 aliphatic heterocycles. The van der Waals surface area contributed by atoms with Gasteiger partial charge < -0.3 is 20.3 Å². The summed E-state index contributed by atoms with van der Waals surface area (Å²) in [6.45, 7) is 0.0502. The standard InChI is InChI=1S/C16H15NO5/c18-13-8-6-12(7-9-13)14(15(19)20)17-16(21)22-10-11-4-2-1-3-5-11/h1-9,14,18H,10H2,(H,17,21)(H,19,20)/t14-/m0/s1. The number of phenolic OH excluding ortho intramolecular Hbond substituents is 1. The smallest absolute Gasteiger partial charge is 0.408 e. The molecule has 0 saturated carbocycles. The van der Waals surface area contributed by atoms with Crippen molar-refractivity contribution in [2.24, 2.45) is 0 Å². The summed E-state index contributed by atoms with van der Waals surface area (Å²) in [4.78, 5) is 23.0. The molecule has 2 aromatic carbocycles. The van der Waals surface area contributed by atoms with Gasteiger partial charge in [0.05, 0.1) is 0 Å². The Hall–Kier alpha value is -3.02. The van der Waals surface area contributed by atoms with E-state index in [-0.39, 0.29) is 12.4 Å². The third-order valence-electron chi connectivity index (χ3n) is 2.95. The zero-order valence-corrected chi connectivity index (χ0v) is 11.6. The molecule has 0 aliphatic carbocycles. The second-order valence-electron chi connectivity index (χ2n) is 4.57. The van der Waals surface area contributed by atoms with Gasteiger partial charge in [-0.3, -0.25) is 0 Å². The van der Waals surface area contributed by atoms with Gasteiger partial charge >= 0.3 is 12.1 Å². The zero-order chi connectivity index (χ0) is 15.9. The van der Waals surface area contributed by atoms with Crippen molar-refractivity contribution in [3.05, 3.63) is 65.7 Å². The fourth-order valence-electron chi connectivity index (χ4n) is 1.84. The molecule has 1 atom stereocenters. The van der Waals surface area contributed by atoms with E-state index in [1.54, 1.807) is 12.1 Å².